The summed E-state index contributed by atoms with van der Waals surface area (Å²) in [6.45, 7) is 19.9. The van der Waals surface area contributed by atoms with Crippen LogP contribution >= 0.6 is 0 Å². The van der Waals surface area contributed by atoms with E-state index >= 15 is 0 Å². The Labute approximate surface area is 197 Å². The second-order valence-electron chi connectivity index (χ2n) is 11.2. The number of hydrogen-bond donors (Lipinski definition) is 0. The first-order valence-corrected chi connectivity index (χ1v) is 14.3. The fourth-order valence-electron chi connectivity index (χ4n) is 6.60. The maximum absolute atomic E-state index is 3.91. The largest absolute Gasteiger partial charge is 0.129 e. The fourth-order valence-corrected chi connectivity index (χ4v) is 6.60. The third-order valence-corrected chi connectivity index (χ3v) is 8.76. The van der Waals surface area contributed by atoms with Crippen LogP contribution in [0, 0.1) is 41.4 Å². The van der Waals surface area contributed by atoms with Gasteiger partial charge in [-0.3, -0.25) is 0 Å². The first-order chi connectivity index (χ1) is 15.0. The van der Waals surface area contributed by atoms with Gasteiger partial charge in [-0.2, -0.15) is 0 Å². The van der Waals surface area contributed by atoms with Gasteiger partial charge in [0.25, 0.3) is 0 Å². The molecule has 2 aliphatic carbocycles. The molecule has 2 aliphatic rings. The Balaban J connectivity index is 0.00000233. The molecule has 0 N–H and O–H groups in total. The molecule has 0 heterocycles. The van der Waals surface area contributed by atoms with E-state index in [1.807, 2.05) is 13.8 Å². The monoisotopic (exact) mass is 430 g/mol. The van der Waals surface area contributed by atoms with Gasteiger partial charge in [0.2, 0.25) is 0 Å². The van der Waals surface area contributed by atoms with Gasteiger partial charge in [-0.05, 0) is 98.4 Å². The second-order valence-corrected chi connectivity index (χ2v) is 11.2. The van der Waals surface area contributed by atoms with Crippen LogP contribution in [0.15, 0.2) is 17.9 Å². The SMILES string of the molecule is C=C=C(CCCC1CCC2CC(C(C)CCC(C)CCCCC)CCC12)C(C)C.CC. The summed E-state index contributed by atoms with van der Waals surface area (Å²) in [4.78, 5) is 0. The van der Waals surface area contributed by atoms with Crippen molar-refractivity contribution in [2.45, 2.75) is 138 Å². The molecule has 0 aromatic carbocycles. The van der Waals surface area contributed by atoms with Gasteiger partial charge in [-0.1, -0.05) is 93.6 Å². The topological polar surface area (TPSA) is 0 Å². The Kier molecular flexibility index (Phi) is 14.9. The van der Waals surface area contributed by atoms with Gasteiger partial charge in [0.05, 0.1) is 0 Å². The smallest absolute Gasteiger partial charge is 0.0184 e. The van der Waals surface area contributed by atoms with Crippen LogP contribution < -0.4 is 0 Å². The molecule has 0 spiro atoms. The lowest BCUT2D eigenvalue weighted by atomic mass is 9.68. The summed E-state index contributed by atoms with van der Waals surface area (Å²) in [7, 11) is 0. The molecule has 0 aromatic heterocycles. The van der Waals surface area contributed by atoms with Crippen LogP contribution in [0.1, 0.15) is 138 Å². The van der Waals surface area contributed by atoms with E-state index < -0.39 is 0 Å². The van der Waals surface area contributed by atoms with Crippen molar-refractivity contribution in [3.05, 3.63) is 17.9 Å². The normalized spacial score (nSPS) is 27.1. The van der Waals surface area contributed by atoms with Crippen LogP contribution in [0.3, 0.4) is 0 Å². The van der Waals surface area contributed by atoms with Crippen LogP contribution in [0.2, 0.25) is 0 Å². The number of allylic oxidation sites excluding steroid dienone is 1. The zero-order valence-corrected chi connectivity index (χ0v) is 22.6. The predicted molar refractivity (Wildman–Crippen MR) is 141 cm³/mol. The molecule has 6 unspecified atom stereocenters. The molecule has 0 saturated heterocycles. The highest BCUT2D eigenvalue weighted by Gasteiger charge is 2.40. The van der Waals surface area contributed by atoms with Crippen molar-refractivity contribution >= 4 is 0 Å². The van der Waals surface area contributed by atoms with Gasteiger partial charge in [0, 0.05) is 0 Å². The summed E-state index contributed by atoms with van der Waals surface area (Å²) in [5, 5.41) is 0. The number of fused-ring (bicyclic) bond motifs is 1. The first-order valence-electron chi connectivity index (χ1n) is 14.3. The third-order valence-electron chi connectivity index (χ3n) is 8.76. The standard InChI is InChI=1S/C29H52.C2H6/c1-7-9-10-12-23(5)15-16-24(6)27-19-20-29-26(17-18-28(29)21-27)14-11-13-25(8-2)22(3)4;1-2/h22-24,26-29H,2,7,9-21H2,1,3-6H3;1-2H3. The quantitative estimate of drug-likeness (QED) is 0.201. The van der Waals surface area contributed by atoms with Crippen molar-refractivity contribution in [1.82, 2.24) is 0 Å². The summed E-state index contributed by atoms with van der Waals surface area (Å²) in [5.41, 5.74) is 4.65. The molecule has 6 atom stereocenters. The van der Waals surface area contributed by atoms with Crippen LogP contribution in [0.5, 0.6) is 0 Å². The summed E-state index contributed by atoms with van der Waals surface area (Å²) in [5.74, 6) is 6.67. The summed E-state index contributed by atoms with van der Waals surface area (Å²) < 4.78 is 0. The van der Waals surface area contributed by atoms with E-state index in [9.17, 15) is 0 Å². The molecule has 0 heteroatoms. The highest BCUT2D eigenvalue weighted by Crippen LogP contribution is 2.51. The van der Waals surface area contributed by atoms with Gasteiger partial charge in [-0.15, -0.1) is 5.73 Å². The van der Waals surface area contributed by atoms with E-state index in [1.165, 1.54) is 89.0 Å². The second kappa shape index (κ2) is 16.2. The van der Waals surface area contributed by atoms with Crippen LogP contribution in [0.4, 0.5) is 0 Å². The van der Waals surface area contributed by atoms with E-state index in [1.54, 1.807) is 6.42 Å². The highest BCUT2D eigenvalue weighted by atomic mass is 14.5. The number of hydrogen-bond acceptors (Lipinski definition) is 0. The minimum absolute atomic E-state index is 0.620. The van der Waals surface area contributed by atoms with Crippen LogP contribution in [-0.4, -0.2) is 0 Å². The van der Waals surface area contributed by atoms with Gasteiger partial charge < -0.3 is 0 Å². The zero-order chi connectivity index (χ0) is 23.2. The Morgan fingerprint density at radius 3 is 2.29 bits per heavy atom. The van der Waals surface area contributed by atoms with Crippen molar-refractivity contribution in [2.24, 2.45) is 41.4 Å². The Morgan fingerprint density at radius 2 is 1.65 bits per heavy atom. The number of rotatable bonds is 13. The Hall–Kier alpha value is -0.480. The molecule has 2 fully saturated rings. The molecule has 0 aliphatic heterocycles. The van der Waals surface area contributed by atoms with E-state index in [-0.39, 0.29) is 0 Å². The third kappa shape index (κ3) is 9.90. The lowest BCUT2D eigenvalue weighted by Gasteiger charge is -2.37. The maximum Gasteiger partial charge on any atom is -0.0184 e. The number of unbranched alkanes of at least 4 members (excludes halogenated alkanes) is 2. The minimum Gasteiger partial charge on any atom is -0.129 e. The molecule has 0 aromatic rings. The van der Waals surface area contributed by atoms with Gasteiger partial charge in [0.1, 0.15) is 0 Å². The van der Waals surface area contributed by atoms with Crippen LogP contribution in [0.25, 0.3) is 0 Å². The fraction of sp³-hybridized carbons (Fsp3) is 0.903. The minimum atomic E-state index is 0.620. The lowest BCUT2D eigenvalue weighted by Crippen LogP contribution is -2.28. The van der Waals surface area contributed by atoms with E-state index in [2.05, 4.69) is 46.9 Å². The molecule has 0 nitrogen and oxygen atoms in total. The summed E-state index contributed by atoms with van der Waals surface area (Å²) >= 11 is 0. The molecule has 182 valence electrons. The molecule has 2 saturated carbocycles. The van der Waals surface area contributed by atoms with Crippen molar-refractivity contribution in [3.8, 4) is 0 Å². The van der Waals surface area contributed by atoms with Crippen molar-refractivity contribution in [1.29, 1.82) is 0 Å². The van der Waals surface area contributed by atoms with Crippen molar-refractivity contribution in [3.63, 3.8) is 0 Å². The average Bonchev–Trinajstić information content (AvgIpc) is 3.18. The van der Waals surface area contributed by atoms with E-state index in [4.69, 9.17) is 0 Å². The Morgan fingerprint density at radius 1 is 0.903 bits per heavy atom. The molecule has 31 heavy (non-hydrogen) atoms. The highest BCUT2D eigenvalue weighted by molar-refractivity contribution is 5.02. The Bertz CT molecular complexity index is 494. The lowest BCUT2D eigenvalue weighted by molar-refractivity contribution is 0.130. The van der Waals surface area contributed by atoms with E-state index in [0.717, 1.165) is 35.5 Å². The maximum atomic E-state index is 3.91. The van der Waals surface area contributed by atoms with E-state index in [0.29, 0.717) is 5.92 Å². The summed E-state index contributed by atoms with van der Waals surface area (Å²) in [6.07, 6.45) is 20.3. The van der Waals surface area contributed by atoms with Crippen molar-refractivity contribution in [2.75, 3.05) is 0 Å². The molecule has 0 radical (unpaired) electrons. The molecule has 0 bridgehead atoms. The molecule has 2 rings (SSSR count). The van der Waals surface area contributed by atoms with Gasteiger partial charge in [-0.25, -0.2) is 0 Å². The zero-order valence-electron chi connectivity index (χ0n) is 22.6. The summed E-state index contributed by atoms with van der Waals surface area (Å²) in [6, 6.07) is 0. The van der Waals surface area contributed by atoms with Crippen molar-refractivity contribution < 1.29 is 0 Å². The molecular weight excluding hydrogens is 372 g/mol. The average molecular weight is 431 g/mol. The van der Waals surface area contributed by atoms with Gasteiger partial charge >= 0.3 is 0 Å². The molecule has 0 amide bonds. The molecular formula is C31H58. The van der Waals surface area contributed by atoms with Crippen LogP contribution in [-0.2, 0) is 0 Å². The first kappa shape index (κ1) is 28.6. The predicted octanol–water partition coefficient (Wildman–Crippen LogP) is 10.6. The van der Waals surface area contributed by atoms with Gasteiger partial charge in [0.15, 0.2) is 0 Å².